The molecule has 1 saturated heterocycles. The Bertz CT molecular complexity index is 299. The molecule has 1 atom stereocenters. The molecule has 0 aromatic rings. The second-order valence-electron chi connectivity index (χ2n) is 3.42. The lowest BCUT2D eigenvalue weighted by Gasteiger charge is -2.10. The molecule has 1 fully saturated rings. The van der Waals surface area contributed by atoms with Crippen LogP contribution in [0.1, 0.15) is 19.3 Å². The van der Waals surface area contributed by atoms with Gasteiger partial charge in [0.2, 0.25) is 10.0 Å². The maximum atomic E-state index is 11.4. The van der Waals surface area contributed by atoms with Gasteiger partial charge in [0.15, 0.2) is 0 Å². The van der Waals surface area contributed by atoms with Crippen LogP contribution in [0.5, 0.6) is 0 Å². The van der Waals surface area contributed by atoms with Gasteiger partial charge in [-0.05, 0) is 19.4 Å². The highest BCUT2D eigenvalue weighted by molar-refractivity contribution is 7.89. The van der Waals surface area contributed by atoms with Crippen LogP contribution in [0.2, 0.25) is 0 Å². The lowest BCUT2D eigenvalue weighted by Crippen LogP contribution is -2.36. The van der Waals surface area contributed by atoms with Crippen LogP contribution in [-0.2, 0) is 10.0 Å². The molecule has 1 unspecified atom stereocenters. The number of rotatable bonds is 5. The lowest BCUT2D eigenvalue weighted by molar-refractivity contribution is 0.564. The van der Waals surface area contributed by atoms with Crippen LogP contribution in [-0.4, -0.2) is 33.3 Å². The predicted octanol–water partition coefficient (Wildman–Crippen LogP) is -0.319. The van der Waals surface area contributed by atoms with Gasteiger partial charge in [0.1, 0.15) is 0 Å². The smallest absolute Gasteiger partial charge is 0.213 e. The Morgan fingerprint density at radius 1 is 1.57 bits per heavy atom. The van der Waals surface area contributed by atoms with E-state index in [1.807, 2.05) is 0 Å². The molecule has 0 aromatic carbocycles. The van der Waals surface area contributed by atoms with Crippen LogP contribution < -0.4 is 10.0 Å². The third-order valence-corrected chi connectivity index (χ3v) is 3.66. The maximum Gasteiger partial charge on any atom is 0.213 e. The summed E-state index contributed by atoms with van der Waals surface area (Å²) in [6.45, 7) is 1.26. The molecule has 1 aliphatic heterocycles. The molecule has 80 valence electrons. The first kappa shape index (κ1) is 11.5. The van der Waals surface area contributed by atoms with Gasteiger partial charge in [0.25, 0.3) is 0 Å². The molecule has 1 aliphatic rings. The zero-order chi connectivity index (χ0) is 10.4. The van der Waals surface area contributed by atoms with Crippen molar-refractivity contribution in [3.8, 4) is 12.3 Å². The summed E-state index contributed by atoms with van der Waals surface area (Å²) in [7, 11) is -3.15. The van der Waals surface area contributed by atoms with Crippen LogP contribution in [0.15, 0.2) is 0 Å². The Morgan fingerprint density at radius 3 is 2.93 bits per heavy atom. The molecule has 0 bridgehead atoms. The standard InChI is InChI=1S/C9H16N2O2S/c1-2-3-7-11-14(12,13)8-9-5-4-6-10-9/h1,9-11H,3-8H2. The average Bonchev–Trinajstić information content (AvgIpc) is 2.56. The summed E-state index contributed by atoms with van der Waals surface area (Å²) in [6, 6.07) is 0.110. The topological polar surface area (TPSA) is 58.2 Å². The minimum absolute atomic E-state index is 0.110. The van der Waals surface area contributed by atoms with E-state index < -0.39 is 10.0 Å². The molecule has 0 saturated carbocycles. The minimum atomic E-state index is -3.15. The maximum absolute atomic E-state index is 11.4. The van der Waals surface area contributed by atoms with E-state index in [0.29, 0.717) is 13.0 Å². The van der Waals surface area contributed by atoms with E-state index in [1.54, 1.807) is 0 Å². The number of hydrogen-bond donors (Lipinski definition) is 2. The first-order valence-corrected chi connectivity index (χ1v) is 6.43. The first-order valence-electron chi connectivity index (χ1n) is 4.78. The van der Waals surface area contributed by atoms with Crippen molar-refractivity contribution in [3.05, 3.63) is 0 Å². The Morgan fingerprint density at radius 2 is 2.36 bits per heavy atom. The van der Waals surface area contributed by atoms with Crippen LogP contribution in [0.4, 0.5) is 0 Å². The van der Waals surface area contributed by atoms with E-state index >= 15 is 0 Å². The highest BCUT2D eigenvalue weighted by Gasteiger charge is 2.21. The lowest BCUT2D eigenvalue weighted by atomic mass is 10.3. The van der Waals surface area contributed by atoms with Gasteiger partial charge >= 0.3 is 0 Å². The van der Waals surface area contributed by atoms with Crippen molar-refractivity contribution in [2.75, 3.05) is 18.8 Å². The highest BCUT2D eigenvalue weighted by Crippen LogP contribution is 2.06. The first-order chi connectivity index (χ1) is 6.64. The fourth-order valence-corrected chi connectivity index (χ4v) is 2.85. The number of sulfonamides is 1. The van der Waals surface area contributed by atoms with Gasteiger partial charge in [-0.15, -0.1) is 12.3 Å². The van der Waals surface area contributed by atoms with Crippen molar-refractivity contribution < 1.29 is 8.42 Å². The van der Waals surface area contributed by atoms with Gasteiger partial charge in [-0.1, -0.05) is 0 Å². The van der Waals surface area contributed by atoms with E-state index in [0.717, 1.165) is 19.4 Å². The summed E-state index contributed by atoms with van der Waals surface area (Å²) in [5.74, 6) is 2.56. The van der Waals surface area contributed by atoms with Gasteiger partial charge in [0.05, 0.1) is 5.75 Å². The van der Waals surface area contributed by atoms with E-state index in [2.05, 4.69) is 16.0 Å². The number of nitrogens with one attached hydrogen (secondary N) is 2. The Hall–Kier alpha value is -0.570. The molecule has 0 amide bonds. The average molecular weight is 216 g/mol. The van der Waals surface area contributed by atoms with Crippen LogP contribution >= 0.6 is 0 Å². The van der Waals surface area contributed by atoms with Gasteiger partial charge in [0, 0.05) is 19.0 Å². The zero-order valence-corrected chi connectivity index (χ0v) is 8.94. The molecule has 0 spiro atoms. The van der Waals surface area contributed by atoms with Crippen molar-refractivity contribution in [3.63, 3.8) is 0 Å². The molecular weight excluding hydrogens is 200 g/mol. The predicted molar refractivity (Wildman–Crippen MR) is 56.3 cm³/mol. The summed E-state index contributed by atoms with van der Waals surface area (Å²) >= 11 is 0. The van der Waals surface area contributed by atoms with Crippen molar-refractivity contribution in [2.24, 2.45) is 0 Å². The van der Waals surface area contributed by atoms with Gasteiger partial charge in [-0.2, -0.15) is 0 Å². The Labute approximate surface area is 85.5 Å². The fourth-order valence-electron chi connectivity index (χ4n) is 1.50. The number of terminal acetylenes is 1. The van der Waals surface area contributed by atoms with Gasteiger partial charge in [-0.25, -0.2) is 13.1 Å². The summed E-state index contributed by atoms with van der Waals surface area (Å²) in [6.07, 6.45) is 7.47. The molecule has 1 heterocycles. The molecule has 0 radical (unpaired) electrons. The van der Waals surface area contributed by atoms with Crippen molar-refractivity contribution in [1.29, 1.82) is 0 Å². The molecular formula is C9H16N2O2S. The molecule has 0 aliphatic carbocycles. The second-order valence-corrected chi connectivity index (χ2v) is 5.27. The van der Waals surface area contributed by atoms with E-state index in [4.69, 9.17) is 6.42 Å². The second kappa shape index (κ2) is 5.35. The third kappa shape index (κ3) is 4.09. The summed E-state index contributed by atoms with van der Waals surface area (Å²) < 4.78 is 25.4. The van der Waals surface area contributed by atoms with Gasteiger partial charge in [-0.3, -0.25) is 0 Å². The zero-order valence-electron chi connectivity index (χ0n) is 8.12. The normalized spacial score (nSPS) is 22.1. The third-order valence-electron chi connectivity index (χ3n) is 2.17. The monoisotopic (exact) mass is 216 g/mol. The van der Waals surface area contributed by atoms with Crippen LogP contribution in [0, 0.1) is 12.3 Å². The molecule has 2 N–H and O–H groups in total. The highest BCUT2D eigenvalue weighted by atomic mass is 32.2. The van der Waals surface area contributed by atoms with E-state index in [9.17, 15) is 8.42 Å². The summed E-state index contributed by atoms with van der Waals surface area (Å²) in [5.41, 5.74) is 0. The fraction of sp³-hybridized carbons (Fsp3) is 0.778. The molecule has 5 heteroatoms. The Balaban J connectivity index is 2.30. The van der Waals surface area contributed by atoms with Crippen molar-refractivity contribution in [2.45, 2.75) is 25.3 Å². The molecule has 14 heavy (non-hydrogen) atoms. The molecule has 4 nitrogen and oxygen atoms in total. The SMILES string of the molecule is C#CCCNS(=O)(=O)CC1CCCN1. The molecule has 0 aromatic heterocycles. The Kier molecular flexibility index (Phi) is 4.39. The van der Waals surface area contributed by atoms with Crippen molar-refractivity contribution in [1.82, 2.24) is 10.0 Å². The number of hydrogen-bond acceptors (Lipinski definition) is 3. The summed E-state index contributed by atoms with van der Waals surface area (Å²) in [4.78, 5) is 0. The van der Waals surface area contributed by atoms with E-state index in [1.165, 1.54) is 0 Å². The molecule has 1 rings (SSSR count). The van der Waals surface area contributed by atoms with Crippen LogP contribution in [0.3, 0.4) is 0 Å². The largest absolute Gasteiger partial charge is 0.313 e. The van der Waals surface area contributed by atoms with Gasteiger partial charge < -0.3 is 5.32 Å². The summed E-state index contributed by atoms with van der Waals surface area (Å²) in [5, 5.41) is 3.14. The van der Waals surface area contributed by atoms with Crippen LogP contribution in [0.25, 0.3) is 0 Å². The minimum Gasteiger partial charge on any atom is -0.313 e. The van der Waals surface area contributed by atoms with E-state index in [-0.39, 0.29) is 11.8 Å². The van der Waals surface area contributed by atoms with Crippen molar-refractivity contribution >= 4 is 10.0 Å². The quantitative estimate of drug-likeness (QED) is 0.489.